The summed E-state index contributed by atoms with van der Waals surface area (Å²) in [5, 5.41) is 11.7. The fraction of sp³-hybridized carbons (Fsp3) is 0.471. The molecule has 3 rings (SSSR count). The normalized spacial score (nSPS) is 22.3. The maximum Gasteiger partial charge on any atom is 0.252 e. The molecule has 1 aliphatic heterocycles. The molecule has 118 valence electrons. The Labute approximate surface area is 140 Å². The standard InChI is InChI=1S/C17H19Cl2NO2/c1-17(2,10-7-11(18)9-12(19)8-10)20-15(21)13-5-3-4-6-14(13)16(20)22/h7-9,15,21H,3-6H2,1-2H3/t15-/m1/s1. The molecule has 22 heavy (non-hydrogen) atoms. The quantitative estimate of drug-likeness (QED) is 0.874. The van der Waals surface area contributed by atoms with Crippen molar-refractivity contribution in [1.29, 1.82) is 0 Å². The Hall–Kier alpha value is -1.03. The minimum Gasteiger partial charge on any atom is -0.369 e. The molecular formula is C17H19Cl2NO2. The Bertz CT molecular complexity index is 646. The number of halogens is 2. The molecule has 0 bridgehead atoms. The topological polar surface area (TPSA) is 40.5 Å². The average Bonchev–Trinajstić information content (AvgIpc) is 2.71. The van der Waals surface area contributed by atoms with Gasteiger partial charge in [-0.3, -0.25) is 4.79 Å². The zero-order valence-corrected chi connectivity index (χ0v) is 14.2. The van der Waals surface area contributed by atoms with Crippen molar-refractivity contribution in [1.82, 2.24) is 4.90 Å². The summed E-state index contributed by atoms with van der Waals surface area (Å²) >= 11 is 12.2. The lowest BCUT2D eigenvalue weighted by Gasteiger charge is -2.39. The number of amides is 1. The van der Waals surface area contributed by atoms with E-state index in [-0.39, 0.29) is 5.91 Å². The van der Waals surface area contributed by atoms with Crippen molar-refractivity contribution in [2.75, 3.05) is 0 Å². The van der Waals surface area contributed by atoms with Gasteiger partial charge in [-0.25, -0.2) is 0 Å². The summed E-state index contributed by atoms with van der Waals surface area (Å²) in [6.07, 6.45) is 2.74. The highest BCUT2D eigenvalue weighted by atomic mass is 35.5. The second-order valence-electron chi connectivity index (χ2n) is 6.48. The minimum atomic E-state index is -0.851. The van der Waals surface area contributed by atoms with E-state index in [9.17, 15) is 9.90 Å². The van der Waals surface area contributed by atoms with E-state index in [0.717, 1.165) is 42.4 Å². The third kappa shape index (κ3) is 2.45. The molecule has 2 aliphatic rings. The lowest BCUT2D eigenvalue weighted by molar-refractivity contribution is -0.140. The molecule has 1 aromatic rings. The number of carbonyl (C=O) groups is 1. The number of hydrogen-bond acceptors (Lipinski definition) is 2. The summed E-state index contributed by atoms with van der Waals surface area (Å²) in [7, 11) is 0. The first-order valence-electron chi connectivity index (χ1n) is 7.52. The highest BCUT2D eigenvalue weighted by Crippen LogP contribution is 2.42. The maximum absolute atomic E-state index is 12.8. The summed E-state index contributed by atoms with van der Waals surface area (Å²) in [5.41, 5.74) is 1.80. The molecule has 0 unspecified atom stereocenters. The molecule has 1 heterocycles. The molecule has 5 heteroatoms. The van der Waals surface area contributed by atoms with Gasteiger partial charge in [0, 0.05) is 15.6 Å². The SMILES string of the molecule is CC(C)(c1cc(Cl)cc(Cl)c1)N1C(=O)C2=C(CCCC2)[C@H]1O. The van der Waals surface area contributed by atoms with Gasteiger partial charge in [0.05, 0.1) is 5.54 Å². The number of aliphatic hydroxyl groups excluding tert-OH is 1. The first-order chi connectivity index (χ1) is 10.3. The van der Waals surface area contributed by atoms with Crippen molar-refractivity contribution in [2.24, 2.45) is 0 Å². The van der Waals surface area contributed by atoms with E-state index in [0.29, 0.717) is 10.0 Å². The predicted octanol–water partition coefficient (Wildman–Crippen LogP) is 4.26. The van der Waals surface area contributed by atoms with E-state index in [2.05, 4.69) is 0 Å². The summed E-state index contributed by atoms with van der Waals surface area (Å²) in [5.74, 6) is -0.0664. The van der Waals surface area contributed by atoms with Crippen LogP contribution in [0.3, 0.4) is 0 Å². The number of hydrogen-bond donors (Lipinski definition) is 1. The highest BCUT2D eigenvalue weighted by Gasteiger charge is 2.46. The van der Waals surface area contributed by atoms with Crippen LogP contribution in [0.25, 0.3) is 0 Å². The molecule has 0 fully saturated rings. The van der Waals surface area contributed by atoms with E-state index in [4.69, 9.17) is 23.2 Å². The van der Waals surface area contributed by atoms with E-state index in [1.54, 1.807) is 23.1 Å². The fourth-order valence-electron chi connectivity index (χ4n) is 3.48. The van der Waals surface area contributed by atoms with E-state index >= 15 is 0 Å². The fourth-order valence-corrected chi connectivity index (χ4v) is 4.00. The van der Waals surface area contributed by atoms with Crippen LogP contribution in [0.15, 0.2) is 29.3 Å². The van der Waals surface area contributed by atoms with Gasteiger partial charge < -0.3 is 10.0 Å². The van der Waals surface area contributed by atoms with Crippen LogP contribution in [0.2, 0.25) is 10.0 Å². The van der Waals surface area contributed by atoms with Gasteiger partial charge in [-0.05, 0) is 68.9 Å². The molecular weight excluding hydrogens is 321 g/mol. The molecule has 1 aromatic carbocycles. The third-order valence-electron chi connectivity index (χ3n) is 4.71. The largest absolute Gasteiger partial charge is 0.369 e. The first-order valence-corrected chi connectivity index (χ1v) is 8.28. The maximum atomic E-state index is 12.8. The number of benzene rings is 1. The Morgan fingerprint density at radius 2 is 1.73 bits per heavy atom. The van der Waals surface area contributed by atoms with Crippen LogP contribution in [0.5, 0.6) is 0 Å². The molecule has 1 amide bonds. The van der Waals surface area contributed by atoms with Gasteiger partial charge in [0.2, 0.25) is 0 Å². The summed E-state index contributed by atoms with van der Waals surface area (Å²) in [6.45, 7) is 3.82. The Morgan fingerprint density at radius 1 is 1.14 bits per heavy atom. The van der Waals surface area contributed by atoms with Crippen molar-refractivity contribution in [3.8, 4) is 0 Å². The van der Waals surface area contributed by atoms with Crippen LogP contribution in [0, 0.1) is 0 Å². The van der Waals surface area contributed by atoms with Gasteiger partial charge in [0.15, 0.2) is 6.23 Å². The molecule has 0 aromatic heterocycles. The number of nitrogens with zero attached hydrogens (tertiary/aromatic N) is 1. The smallest absolute Gasteiger partial charge is 0.252 e. The number of aliphatic hydroxyl groups is 1. The van der Waals surface area contributed by atoms with Crippen LogP contribution >= 0.6 is 23.2 Å². The van der Waals surface area contributed by atoms with Crippen molar-refractivity contribution in [2.45, 2.75) is 51.3 Å². The van der Waals surface area contributed by atoms with E-state index in [1.807, 2.05) is 13.8 Å². The predicted molar refractivity (Wildman–Crippen MR) is 87.8 cm³/mol. The van der Waals surface area contributed by atoms with Crippen molar-refractivity contribution < 1.29 is 9.90 Å². The highest BCUT2D eigenvalue weighted by molar-refractivity contribution is 6.34. The molecule has 3 nitrogen and oxygen atoms in total. The second-order valence-corrected chi connectivity index (χ2v) is 7.35. The molecule has 0 saturated heterocycles. The van der Waals surface area contributed by atoms with Crippen LogP contribution in [-0.4, -0.2) is 22.1 Å². The Kier molecular flexibility index (Phi) is 4.00. The molecule has 1 atom stereocenters. The molecule has 0 radical (unpaired) electrons. The second kappa shape index (κ2) is 5.55. The van der Waals surface area contributed by atoms with Gasteiger partial charge in [-0.2, -0.15) is 0 Å². The van der Waals surface area contributed by atoms with Crippen molar-refractivity contribution >= 4 is 29.1 Å². The number of rotatable bonds is 2. The van der Waals surface area contributed by atoms with Crippen molar-refractivity contribution in [3.63, 3.8) is 0 Å². The lowest BCUT2D eigenvalue weighted by Crippen LogP contribution is -2.48. The lowest BCUT2D eigenvalue weighted by atomic mass is 9.92. The summed E-state index contributed by atoms with van der Waals surface area (Å²) in [6, 6.07) is 5.25. The summed E-state index contributed by atoms with van der Waals surface area (Å²) < 4.78 is 0. The molecule has 0 saturated carbocycles. The Morgan fingerprint density at radius 3 is 2.32 bits per heavy atom. The zero-order chi connectivity index (χ0) is 16.1. The van der Waals surface area contributed by atoms with Gasteiger partial charge >= 0.3 is 0 Å². The van der Waals surface area contributed by atoms with Crippen LogP contribution < -0.4 is 0 Å². The first kappa shape index (κ1) is 15.9. The zero-order valence-electron chi connectivity index (χ0n) is 12.7. The van der Waals surface area contributed by atoms with E-state index < -0.39 is 11.8 Å². The van der Waals surface area contributed by atoms with Crippen LogP contribution in [0.1, 0.15) is 45.1 Å². The van der Waals surface area contributed by atoms with Gasteiger partial charge in [-0.15, -0.1) is 0 Å². The van der Waals surface area contributed by atoms with Gasteiger partial charge in [0.1, 0.15) is 0 Å². The van der Waals surface area contributed by atoms with E-state index in [1.165, 1.54) is 0 Å². The molecule has 1 aliphatic carbocycles. The molecule has 0 spiro atoms. The minimum absolute atomic E-state index is 0.0664. The number of carbonyl (C=O) groups excluding carboxylic acids is 1. The third-order valence-corrected chi connectivity index (χ3v) is 5.15. The van der Waals surface area contributed by atoms with Crippen LogP contribution in [-0.2, 0) is 10.3 Å². The van der Waals surface area contributed by atoms with Crippen LogP contribution in [0.4, 0.5) is 0 Å². The van der Waals surface area contributed by atoms with Crippen molar-refractivity contribution in [3.05, 3.63) is 45.0 Å². The Balaban J connectivity index is 2.01. The summed E-state index contributed by atoms with van der Waals surface area (Å²) in [4.78, 5) is 14.3. The van der Waals surface area contributed by atoms with Gasteiger partial charge in [-0.1, -0.05) is 23.2 Å². The monoisotopic (exact) mass is 339 g/mol. The van der Waals surface area contributed by atoms with Gasteiger partial charge in [0.25, 0.3) is 5.91 Å². The average molecular weight is 340 g/mol. The molecule has 1 N–H and O–H groups in total.